The molecule has 0 aromatic heterocycles. The third kappa shape index (κ3) is 67.5. The number of carbonyl (C=O) groups is 1. The molecule has 0 fully saturated rings. The molecule has 0 aromatic carbocycles. The first-order valence-corrected chi connectivity index (χ1v) is 37.1. The molecule has 0 aliphatic rings. The zero-order chi connectivity index (χ0) is 56.9. The summed E-state index contributed by atoms with van der Waals surface area (Å²) in [6.45, 7) is 4.36. The van der Waals surface area contributed by atoms with E-state index in [9.17, 15) is 15.0 Å². The van der Waals surface area contributed by atoms with E-state index in [1.165, 1.54) is 385 Å². The van der Waals surface area contributed by atoms with Crippen LogP contribution in [-0.2, 0) is 4.79 Å². The first-order valence-electron chi connectivity index (χ1n) is 37.1. The normalized spacial score (nSPS) is 12.7. The van der Waals surface area contributed by atoms with Crippen molar-refractivity contribution in [1.82, 2.24) is 5.32 Å². The number of carbonyl (C=O) groups excluding carboxylic acids is 1. The van der Waals surface area contributed by atoms with Crippen molar-refractivity contribution in [3.05, 3.63) is 24.3 Å². The summed E-state index contributed by atoms with van der Waals surface area (Å²) < 4.78 is 0. The smallest absolute Gasteiger partial charge is 0.220 e. The van der Waals surface area contributed by atoms with Crippen LogP contribution in [0.1, 0.15) is 431 Å². The minimum absolute atomic E-state index is 0.0536. The summed E-state index contributed by atoms with van der Waals surface area (Å²) in [4.78, 5) is 12.6. The van der Waals surface area contributed by atoms with Gasteiger partial charge in [-0.3, -0.25) is 4.79 Å². The molecule has 0 aliphatic heterocycles. The quantitative estimate of drug-likeness (QED) is 0.0420. The molecule has 0 aliphatic carbocycles. The maximum Gasteiger partial charge on any atom is 0.220 e. The summed E-state index contributed by atoms with van der Waals surface area (Å²) in [6, 6.07) is -0.621. The number of allylic oxidation sites excluding steroid dienone is 3. The summed E-state index contributed by atoms with van der Waals surface area (Å²) >= 11 is 0. The first kappa shape index (κ1) is 77.9. The van der Waals surface area contributed by atoms with E-state index in [1.54, 1.807) is 6.08 Å². The van der Waals surface area contributed by atoms with Gasteiger partial charge in [0.2, 0.25) is 5.91 Å². The third-order valence-electron chi connectivity index (χ3n) is 17.7. The minimum atomic E-state index is -0.839. The Kier molecular flexibility index (Phi) is 70.1. The molecule has 0 bridgehead atoms. The number of hydrogen-bond donors (Lipinski definition) is 3. The second kappa shape index (κ2) is 71.1. The lowest BCUT2D eigenvalue weighted by Crippen LogP contribution is -2.45. The van der Waals surface area contributed by atoms with Crippen LogP contribution in [-0.4, -0.2) is 34.9 Å². The van der Waals surface area contributed by atoms with Crippen molar-refractivity contribution in [1.29, 1.82) is 0 Å². The van der Waals surface area contributed by atoms with Gasteiger partial charge in [0.05, 0.1) is 18.8 Å². The number of rotatable bonds is 70. The van der Waals surface area contributed by atoms with Crippen LogP contribution in [0, 0.1) is 0 Å². The van der Waals surface area contributed by atoms with Gasteiger partial charge in [-0.2, -0.15) is 0 Å². The summed E-state index contributed by atoms with van der Waals surface area (Å²) in [6.07, 6.45) is 97.3. The summed E-state index contributed by atoms with van der Waals surface area (Å²) in [5, 5.41) is 23.3. The minimum Gasteiger partial charge on any atom is -0.394 e. The first-order chi connectivity index (χ1) is 39.2. The van der Waals surface area contributed by atoms with Gasteiger partial charge in [-0.05, 0) is 44.9 Å². The SMILES string of the molecule is CCCCCCCCCC/C=C\CCCCCCCCCCCCCCCCCCCCCCCCCC(=O)NC(CO)C(O)/C=C/CCCCCCCCCCCCCCCCCCCCCCCCCCCCCCCC. The van der Waals surface area contributed by atoms with Crippen molar-refractivity contribution < 1.29 is 15.0 Å². The molecule has 0 aromatic rings. The third-order valence-corrected chi connectivity index (χ3v) is 17.7. The van der Waals surface area contributed by atoms with Crippen molar-refractivity contribution in [2.24, 2.45) is 0 Å². The van der Waals surface area contributed by atoms with E-state index in [-0.39, 0.29) is 12.5 Å². The molecule has 4 nitrogen and oxygen atoms in total. The lowest BCUT2D eigenvalue weighted by molar-refractivity contribution is -0.123. The largest absolute Gasteiger partial charge is 0.394 e. The van der Waals surface area contributed by atoms with E-state index >= 15 is 0 Å². The van der Waals surface area contributed by atoms with E-state index in [1.807, 2.05) is 6.08 Å². The van der Waals surface area contributed by atoms with Crippen LogP contribution in [0.15, 0.2) is 24.3 Å². The second-order valence-corrected chi connectivity index (χ2v) is 25.7. The molecule has 470 valence electrons. The Labute approximate surface area is 498 Å². The number of nitrogens with one attached hydrogen (secondary N) is 1. The Balaban J connectivity index is 3.39. The number of aliphatic hydroxyl groups is 2. The Bertz CT molecular complexity index is 1170. The van der Waals surface area contributed by atoms with Gasteiger partial charge in [0, 0.05) is 6.42 Å². The molecule has 0 spiro atoms. The van der Waals surface area contributed by atoms with Gasteiger partial charge >= 0.3 is 0 Å². The highest BCUT2D eigenvalue weighted by molar-refractivity contribution is 5.76. The van der Waals surface area contributed by atoms with Crippen LogP contribution >= 0.6 is 0 Å². The fourth-order valence-electron chi connectivity index (χ4n) is 12.1. The van der Waals surface area contributed by atoms with Gasteiger partial charge in [-0.25, -0.2) is 0 Å². The van der Waals surface area contributed by atoms with E-state index in [0.29, 0.717) is 6.42 Å². The van der Waals surface area contributed by atoms with Crippen LogP contribution in [0.25, 0.3) is 0 Å². The van der Waals surface area contributed by atoms with Crippen LogP contribution < -0.4 is 5.32 Å². The van der Waals surface area contributed by atoms with E-state index < -0.39 is 12.1 Å². The molecule has 3 N–H and O–H groups in total. The molecule has 4 heteroatoms. The molecule has 0 rings (SSSR count). The molecule has 1 amide bonds. The van der Waals surface area contributed by atoms with Crippen LogP contribution in [0.2, 0.25) is 0 Å². The summed E-state index contributed by atoms with van der Waals surface area (Å²) in [7, 11) is 0. The fraction of sp³-hybridized carbons (Fsp3) is 0.933. The molecule has 0 saturated carbocycles. The Morgan fingerprint density at radius 3 is 0.696 bits per heavy atom. The van der Waals surface area contributed by atoms with Crippen LogP contribution in [0.4, 0.5) is 0 Å². The maximum atomic E-state index is 12.6. The van der Waals surface area contributed by atoms with Crippen LogP contribution in [0.3, 0.4) is 0 Å². The van der Waals surface area contributed by atoms with E-state index in [2.05, 4.69) is 31.3 Å². The number of unbranched alkanes of at least 4 members (excludes halogenated alkanes) is 61. The van der Waals surface area contributed by atoms with Crippen molar-refractivity contribution in [2.45, 2.75) is 443 Å². The standard InChI is InChI=1S/C75H147NO3/c1-3-5-7-9-11-13-15-17-19-21-23-25-27-29-31-33-35-37-38-39-41-43-45-47-49-51-53-55-57-59-61-63-65-67-69-71-75(79)76-73(72-77)74(78)70-68-66-64-62-60-58-56-54-52-50-48-46-44-42-40-36-34-32-30-28-26-24-22-20-18-16-14-12-10-8-6-4-2/h21,23,68,70,73-74,77-78H,3-20,22,24-67,69,71-72H2,1-2H3,(H,76,79)/b23-21-,70-68+. The molecule has 2 unspecified atom stereocenters. The average Bonchev–Trinajstić information content (AvgIpc) is 3.45. The molecule has 0 saturated heterocycles. The number of hydrogen-bond acceptors (Lipinski definition) is 3. The monoisotopic (exact) mass is 1110 g/mol. The lowest BCUT2D eigenvalue weighted by atomic mass is 10.0. The highest BCUT2D eigenvalue weighted by atomic mass is 16.3. The fourth-order valence-corrected chi connectivity index (χ4v) is 12.1. The highest BCUT2D eigenvalue weighted by Crippen LogP contribution is 2.20. The predicted octanol–water partition coefficient (Wildman–Crippen LogP) is 25.3. The molecular weight excluding hydrogens is 963 g/mol. The lowest BCUT2D eigenvalue weighted by Gasteiger charge is -2.20. The highest BCUT2D eigenvalue weighted by Gasteiger charge is 2.18. The van der Waals surface area contributed by atoms with Crippen molar-refractivity contribution in [2.75, 3.05) is 6.61 Å². The van der Waals surface area contributed by atoms with E-state index in [4.69, 9.17) is 0 Å². The zero-order valence-corrected chi connectivity index (χ0v) is 54.4. The van der Waals surface area contributed by atoms with Gasteiger partial charge in [0.15, 0.2) is 0 Å². The molecule has 0 radical (unpaired) electrons. The number of amides is 1. The Morgan fingerprint density at radius 2 is 0.481 bits per heavy atom. The van der Waals surface area contributed by atoms with E-state index in [0.717, 1.165) is 25.7 Å². The van der Waals surface area contributed by atoms with Gasteiger partial charge in [0.1, 0.15) is 0 Å². The summed E-state index contributed by atoms with van der Waals surface area (Å²) in [5.41, 5.74) is 0. The van der Waals surface area contributed by atoms with Gasteiger partial charge in [0.25, 0.3) is 0 Å². The van der Waals surface area contributed by atoms with Crippen LogP contribution in [0.5, 0.6) is 0 Å². The topological polar surface area (TPSA) is 69.6 Å². The second-order valence-electron chi connectivity index (χ2n) is 25.7. The van der Waals surface area contributed by atoms with Gasteiger partial charge in [-0.1, -0.05) is 404 Å². The van der Waals surface area contributed by atoms with Gasteiger partial charge < -0.3 is 15.5 Å². The molecular formula is C75H147NO3. The van der Waals surface area contributed by atoms with Gasteiger partial charge in [-0.15, -0.1) is 0 Å². The molecule has 2 atom stereocenters. The zero-order valence-electron chi connectivity index (χ0n) is 54.4. The van der Waals surface area contributed by atoms with Crippen molar-refractivity contribution in [3.8, 4) is 0 Å². The number of aliphatic hydroxyl groups excluding tert-OH is 2. The van der Waals surface area contributed by atoms with Crippen molar-refractivity contribution >= 4 is 5.91 Å². The molecule has 79 heavy (non-hydrogen) atoms. The average molecular weight is 1110 g/mol. The Morgan fingerprint density at radius 1 is 0.291 bits per heavy atom. The maximum absolute atomic E-state index is 12.6. The summed E-state index contributed by atoms with van der Waals surface area (Å²) in [5.74, 6) is -0.0536. The predicted molar refractivity (Wildman–Crippen MR) is 355 cm³/mol. The Hall–Kier alpha value is -1.13. The van der Waals surface area contributed by atoms with Crippen molar-refractivity contribution in [3.63, 3.8) is 0 Å². The molecule has 0 heterocycles.